The third kappa shape index (κ3) is 1.58. The maximum Gasteiger partial charge on any atom is 0.328 e. The van der Waals surface area contributed by atoms with E-state index >= 15 is 0 Å². The van der Waals surface area contributed by atoms with E-state index in [9.17, 15) is 9.59 Å². The molecule has 0 aromatic carbocycles. The smallest absolute Gasteiger partial charge is 0.328 e. The molecule has 0 aliphatic heterocycles. The van der Waals surface area contributed by atoms with Gasteiger partial charge in [0.1, 0.15) is 11.3 Å². The minimum absolute atomic E-state index is 0.385. The predicted molar refractivity (Wildman–Crippen MR) is 71.9 cm³/mol. The van der Waals surface area contributed by atoms with Gasteiger partial charge in [0.2, 0.25) is 0 Å². The van der Waals surface area contributed by atoms with Gasteiger partial charge in [-0.25, -0.2) is 9.48 Å². The fourth-order valence-corrected chi connectivity index (χ4v) is 2.97. The molecular formula is C12H11N3O3S. The molecule has 19 heavy (non-hydrogen) atoms. The summed E-state index contributed by atoms with van der Waals surface area (Å²) >= 11 is 1.54. The number of aliphatic carboxylic acids is 1. The van der Waals surface area contributed by atoms with Crippen molar-refractivity contribution < 1.29 is 9.90 Å². The summed E-state index contributed by atoms with van der Waals surface area (Å²) in [5.41, 5.74) is 1.00. The number of hydrogen-bond donors (Lipinski definition) is 1. The molecule has 0 radical (unpaired) electrons. The molecule has 1 atom stereocenters. The Morgan fingerprint density at radius 3 is 2.89 bits per heavy atom. The van der Waals surface area contributed by atoms with Gasteiger partial charge in [0.05, 0.1) is 10.2 Å². The molecule has 0 amide bonds. The van der Waals surface area contributed by atoms with E-state index in [-0.39, 0.29) is 5.56 Å². The number of aryl methyl sites for hydroxylation is 1. The van der Waals surface area contributed by atoms with Crippen molar-refractivity contribution in [1.29, 1.82) is 0 Å². The first kappa shape index (κ1) is 11.9. The summed E-state index contributed by atoms with van der Waals surface area (Å²) in [5, 5.41) is 15.1. The van der Waals surface area contributed by atoms with Gasteiger partial charge in [-0.05, 0) is 31.4 Å². The molecule has 0 aliphatic carbocycles. The SMILES string of the molecule is Cc1nn([C@H](C)C(=O)O)c(=O)c2cc3sccc3n12. The van der Waals surface area contributed by atoms with Crippen molar-refractivity contribution in [3.8, 4) is 0 Å². The summed E-state index contributed by atoms with van der Waals surface area (Å²) in [6.45, 7) is 3.20. The number of carboxylic acid groups (broad SMARTS) is 1. The minimum atomic E-state index is -1.08. The fourth-order valence-electron chi connectivity index (χ4n) is 2.16. The van der Waals surface area contributed by atoms with Crippen molar-refractivity contribution in [1.82, 2.24) is 14.2 Å². The molecule has 3 rings (SSSR count). The largest absolute Gasteiger partial charge is 0.480 e. The van der Waals surface area contributed by atoms with Gasteiger partial charge in [0.15, 0.2) is 6.04 Å². The number of nitrogens with zero attached hydrogens (tertiary/aromatic N) is 3. The summed E-state index contributed by atoms with van der Waals surface area (Å²) < 4.78 is 3.78. The van der Waals surface area contributed by atoms with Crippen molar-refractivity contribution in [3.63, 3.8) is 0 Å². The van der Waals surface area contributed by atoms with Gasteiger partial charge in [-0.15, -0.1) is 11.3 Å². The topological polar surface area (TPSA) is 76.6 Å². The van der Waals surface area contributed by atoms with Crippen LogP contribution in [0.25, 0.3) is 15.7 Å². The first-order valence-corrected chi connectivity index (χ1v) is 6.59. The van der Waals surface area contributed by atoms with Crippen LogP contribution in [-0.4, -0.2) is 25.3 Å². The quantitative estimate of drug-likeness (QED) is 0.773. The van der Waals surface area contributed by atoms with E-state index in [4.69, 9.17) is 5.11 Å². The van der Waals surface area contributed by atoms with E-state index in [1.165, 1.54) is 18.3 Å². The average Bonchev–Trinajstić information content (AvgIpc) is 2.92. The molecule has 0 fully saturated rings. The Morgan fingerprint density at radius 2 is 2.21 bits per heavy atom. The highest BCUT2D eigenvalue weighted by Crippen LogP contribution is 2.24. The van der Waals surface area contributed by atoms with Crippen LogP contribution in [0.4, 0.5) is 0 Å². The predicted octanol–water partition coefficient (Wildman–Crippen LogP) is 1.66. The molecule has 0 unspecified atom stereocenters. The van der Waals surface area contributed by atoms with Crippen LogP contribution < -0.4 is 5.56 Å². The zero-order chi connectivity index (χ0) is 13.7. The molecule has 7 heteroatoms. The first-order chi connectivity index (χ1) is 9.00. The van der Waals surface area contributed by atoms with Gasteiger partial charge >= 0.3 is 5.97 Å². The lowest BCUT2D eigenvalue weighted by molar-refractivity contribution is -0.140. The molecule has 0 bridgehead atoms. The summed E-state index contributed by atoms with van der Waals surface area (Å²) in [6.07, 6.45) is 0. The highest BCUT2D eigenvalue weighted by atomic mass is 32.1. The average molecular weight is 277 g/mol. The Kier molecular flexibility index (Phi) is 2.46. The lowest BCUT2D eigenvalue weighted by Crippen LogP contribution is -2.32. The van der Waals surface area contributed by atoms with E-state index in [0.717, 1.165) is 14.9 Å². The van der Waals surface area contributed by atoms with Crippen molar-refractivity contribution in [2.45, 2.75) is 19.9 Å². The number of aromatic nitrogens is 3. The molecule has 98 valence electrons. The molecule has 6 nitrogen and oxygen atoms in total. The van der Waals surface area contributed by atoms with E-state index in [2.05, 4.69) is 5.10 Å². The van der Waals surface area contributed by atoms with Crippen molar-refractivity contribution >= 4 is 33.0 Å². The van der Waals surface area contributed by atoms with Gasteiger partial charge in [0.25, 0.3) is 5.56 Å². The normalized spacial score (nSPS) is 13.2. The Morgan fingerprint density at radius 1 is 1.47 bits per heavy atom. The summed E-state index contributed by atoms with van der Waals surface area (Å²) in [6, 6.07) is 2.72. The van der Waals surface area contributed by atoms with E-state index < -0.39 is 12.0 Å². The zero-order valence-corrected chi connectivity index (χ0v) is 11.1. The van der Waals surface area contributed by atoms with E-state index in [1.54, 1.807) is 17.4 Å². The van der Waals surface area contributed by atoms with Gasteiger partial charge < -0.3 is 5.11 Å². The number of thiophene rings is 1. The lowest BCUT2D eigenvalue weighted by Gasteiger charge is -2.11. The fraction of sp³-hybridized carbons (Fsp3) is 0.250. The van der Waals surface area contributed by atoms with Crippen LogP contribution in [0.5, 0.6) is 0 Å². The van der Waals surface area contributed by atoms with Crippen molar-refractivity contribution in [3.05, 3.63) is 33.7 Å². The van der Waals surface area contributed by atoms with Crippen LogP contribution in [0.1, 0.15) is 18.8 Å². The van der Waals surface area contributed by atoms with Gasteiger partial charge in [-0.3, -0.25) is 9.20 Å². The van der Waals surface area contributed by atoms with Crippen molar-refractivity contribution in [2.24, 2.45) is 0 Å². The molecule has 0 saturated carbocycles. The van der Waals surface area contributed by atoms with Crippen LogP contribution in [-0.2, 0) is 4.79 Å². The summed E-state index contributed by atoms with van der Waals surface area (Å²) in [7, 11) is 0. The van der Waals surface area contributed by atoms with Crippen LogP contribution in [0.2, 0.25) is 0 Å². The monoisotopic (exact) mass is 277 g/mol. The number of fused-ring (bicyclic) bond motifs is 3. The molecular weight excluding hydrogens is 266 g/mol. The number of hydrogen-bond acceptors (Lipinski definition) is 4. The molecule has 0 aliphatic rings. The third-order valence-electron chi connectivity index (χ3n) is 3.15. The number of rotatable bonds is 2. The Bertz CT molecular complexity index is 858. The lowest BCUT2D eigenvalue weighted by atomic mass is 10.3. The van der Waals surface area contributed by atoms with E-state index in [1.807, 2.05) is 11.4 Å². The Hall–Kier alpha value is -2.15. The second-order valence-electron chi connectivity index (χ2n) is 4.35. The van der Waals surface area contributed by atoms with Crippen LogP contribution in [0, 0.1) is 6.92 Å². The number of carboxylic acids is 1. The van der Waals surface area contributed by atoms with Crippen LogP contribution >= 0.6 is 11.3 Å². The van der Waals surface area contributed by atoms with Gasteiger partial charge in [0, 0.05) is 0 Å². The zero-order valence-electron chi connectivity index (χ0n) is 10.3. The van der Waals surface area contributed by atoms with Gasteiger partial charge in [-0.2, -0.15) is 5.10 Å². The Labute approximate surface area is 111 Å². The van der Waals surface area contributed by atoms with E-state index in [0.29, 0.717) is 11.3 Å². The molecule has 3 heterocycles. The van der Waals surface area contributed by atoms with Crippen LogP contribution in [0.15, 0.2) is 22.3 Å². The number of carbonyl (C=O) groups is 1. The summed E-state index contributed by atoms with van der Waals surface area (Å²) in [4.78, 5) is 23.3. The molecule has 0 spiro atoms. The van der Waals surface area contributed by atoms with Crippen molar-refractivity contribution in [2.75, 3.05) is 0 Å². The maximum atomic E-state index is 12.3. The standard InChI is InChI=1S/C12H11N3O3S/c1-6(12(17)18)15-11(16)9-5-10-8(3-4-19-10)14(9)7(2)13-15/h3-6H,1-2H3,(H,17,18)/t6-/m1/s1. The first-order valence-electron chi connectivity index (χ1n) is 5.71. The highest BCUT2D eigenvalue weighted by molar-refractivity contribution is 7.17. The van der Waals surface area contributed by atoms with Crippen LogP contribution in [0.3, 0.4) is 0 Å². The molecule has 3 aromatic heterocycles. The Balaban J connectivity index is 2.43. The highest BCUT2D eigenvalue weighted by Gasteiger charge is 2.20. The summed E-state index contributed by atoms with van der Waals surface area (Å²) in [5.74, 6) is -0.484. The second kappa shape index (κ2) is 3.92. The van der Waals surface area contributed by atoms with Gasteiger partial charge in [-0.1, -0.05) is 0 Å². The molecule has 0 saturated heterocycles. The maximum absolute atomic E-state index is 12.3. The minimum Gasteiger partial charge on any atom is -0.480 e. The molecule has 1 N–H and O–H groups in total. The third-order valence-corrected chi connectivity index (χ3v) is 4.00. The second-order valence-corrected chi connectivity index (χ2v) is 5.29. The molecule has 3 aromatic rings.